The van der Waals surface area contributed by atoms with Crippen molar-refractivity contribution < 1.29 is 4.74 Å². The van der Waals surface area contributed by atoms with E-state index in [0.29, 0.717) is 13.2 Å². The van der Waals surface area contributed by atoms with Gasteiger partial charge in [-0.15, -0.1) is 0 Å². The second-order valence-electron chi connectivity index (χ2n) is 4.13. The first-order chi connectivity index (χ1) is 8.17. The fourth-order valence-electron chi connectivity index (χ4n) is 1.92. The number of hydrogen-bond acceptors (Lipinski definition) is 3. The van der Waals surface area contributed by atoms with Crippen LogP contribution < -0.4 is 0 Å². The largest absolute Gasteiger partial charge is 0.377 e. The summed E-state index contributed by atoms with van der Waals surface area (Å²) in [6.45, 7) is 4.86. The zero-order valence-corrected chi connectivity index (χ0v) is 10.3. The highest BCUT2D eigenvalue weighted by molar-refractivity contribution is 5.78. The normalized spacial score (nSPS) is 10.7. The van der Waals surface area contributed by atoms with Gasteiger partial charge in [0.2, 0.25) is 0 Å². The molecule has 2 aromatic rings. The first-order valence-electron chi connectivity index (χ1n) is 5.49. The number of rotatable bonds is 3. The van der Waals surface area contributed by atoms with Crippen LogP contribution in [-0.4, -0.2) is 16.7 Å². The van der Waals surface area contributed by atoms with Gasteiger partial charge in [0.05, 0.1) is 17.1 Å². The fourth-order valence-corrected chi connectivity index (χ4v) is 1.92. The van der Waals surface area contributed by atoms with Crippen molar-refractivity contribution in [1.82, 2.24) is 9.55 Å². The fraction of sp³-hybridized carbons (Fsp3) is 0.385. The van der Waals surface area contributed by atoms with E-state index in [0.717, 1.165) is 16.9 Å². The molecule has 1 aromatic carbocycles. The number of fused-ring (bicyclic) bond motifs is 1. The van der Waals surface area contributed by atoms with Crippen molar-refractivity contribution in [1.29, 1.82) is 5.26 Å². The lowest BCUT2D eigenvalue weighted by atomic mass is 10.1. The Balaban J connectivity index is 2.67. The maximum Gasteiger partial charge on any atom is 0.136 e. The van der Waals surface area contributed by atoms with Gasteiger partial charge in [0.1, 0.15) is 19.0 Å². The number of aromatic nitrogens is 2. The van der Waals surface area contributed by atoms with E-state index in [1.165, 1.54) is 11.1 Å². The van der Waals surface area contributed by atoms with Crippen LogP contribution in [0.5, 0.6) is 0 Å². The van der Waals surface area contributed by atoms with Gasteiger partial charge in [-0.3, -0.25) is 0 Å². The van der Waals surface area contributed by atoms with Crippen LogP contribution in [0.4, 0.5) is 0 Å². The molecule has 0 bridgehead atoms. The number of hydrogen-bond donors (Lipinski definition) is 0. The van der Waals surface area contributed by atoms with E-state index in [4.69, 9.17) is 10.00 Å². The minimum atomic E-state index is 0.303. The molecule has 0 atom stereocenters. The Kier molecular flexibility index (Phi) is 3.12. The molecule has 0 aliphatic heterocycles. The summed E-state index contributed by atoms with van der Waals surface area (Å²) in [7, 11) is 1.63. The first-order valence-corrected chi connectivity index (χ1v) is 5.49. The standard InChI is InChI=1S/C13H15N3O/c1-9-6-11-12(7-10(9)2)16(5-4-14)13(15-11)8-17-3/h6-7H,5,8H2,1-3H3. The van der Waals surface area contributed by atoms with E-state index in [9.17, 15) is 0 Å². The first kappa shape index (κ1) is 11.6. The van der Waals surface area contributed by atoms with Gasteiger partial charge in [-0.05, 0) is 37.1 Å². The summed E-state index contributed by atoms with van der Waals surface area (Å²) in [6.07, 6.45) is 0. The third kappa shape index (κ3) is 2.02. The Morgan fingerprint density at radius 3 is 2.71 bits per heavy atom. The molecule has 0 unspecified atom stereocenters. The molecule has 0 radical (unpaired) electrons. The van der Waals surface area contributed by atoms with Gasteiger partial charge in [0.25, 0.3) is 0 Å². The number of benzene rings is 1. The number of methoxy groups -OCH3 is 1. The Bertz CT molecular complexity index is 593. The molecule has 4 nitrogen and oxygen atoms in total. The Labute approximate surface area is 100 Å². The van der Waals surface area contributed by atoms with Crippen LogP contribution >= 0.6 is 0 Å². The summed E-state index contributed by atoms with van der Waals surface area (Å²) in [5.74, 6) is 0.800. The van der Waals surface area contributed by atoms with E-state index in [-0.39, 0.29) is 0 Å². The molecule has 0 aliphatic rings. The molecule has 1 aromatic heterocycles. The van der Waals surface area contributed by atoms with Gasteiger partial charge in [-0.25, -0.2) is 4.98 Å². The molecular weight excluding hydrogens is 214 g/mol. The monoisotopic (exact) mass is 229 g/mol. The second-order valence-corrected chi connectivity index (χ2v) is 4.13. The average molecular weight is 229 g/mol. The molecule has 17 heavy (non-hydrogen) atoms. The number of imidazole rings is 1. The summed E-state index contributed by atoms with van der Waals surface area (Å²) >= 11 is 0. The topological polar surface area (TPSA) is 50.8 Å². The van der Waals surface area contributed by atoms with Crippen molar-refractivity contribution in [2.24, 2.45) is 0 Å². The van der Waals surface area contributed by atoms with E-state index in [1.807, 2.05) is 4.57 Å². The van der Waals surface area contributed by atoms with E-state index in [2.05, 4.69) is 37.0 Å². The third-order valence-corrected chi connectivity index (χ3v) is 2.95. The van der Waals surface area contributed by atoms with Gasteiger partial charge < -0.3 is 9.30 Å². The summed E-state index contributed by atoms with van der Waals surface area (Å²) < 4.78 is 7.02. The Morgan fingerprint density at radius 2 is 2.06 bits per heavy atom. The van der Waals surface area contributed by atoms with Crippen LogP contribution in [0.25, 0.3) is 11.0 Å². The van der Waals surface area contributed by atoms with Gasteiger partial charge in [-0.2, -0.15) is 5.26 Å². The quantitative estimate of drug-likeness (QED) is 0.811. The lowest BCUT2D eigenvalue weighted by Crippen LogP contribution is -2.03. The van der Waals surface area contributed by atoms with Crippen LogP contribution in [0.2, 0.25) is 0 Å². The summed E-state index contributed by atoms with van der Waals surface area (Å²) in [5.41, 5.74) is 4.35. The van der Waals surface area contributed by atoms with Gasteiger partial charge in [0.15, 0.2) is 0 Å². The van der Waals surface area contributed by atoms with Crippen LogP contribution in [0.3, 0.4) is 0 Å². The maximum atomic E-state index is 8.87. The highest BCUT2D eigenvalue weighted by Gasteiger charge is 2.11. The van der Waals surface area contributed by atoms with Crippen molar-refractivity contribution in [2.75, 3.05) is 7.11 Å². The van der Waals surface area contributed by atoms with E-state index >= 15 is 0 Å². The van der Waals surface area contributed by atoms with Crippen LogP contribution in [0.1, 0.15) is 17.0 Å². The number of ether oxygens (including phenoxy) is 1. The van der Waals surface area contributed by atoms with Crippen LogP contribution in [0, 0.1) is 25.2 Å². The zero-order chi connectivity index (χ0) is 12.4. The molecule has 0 fully saturated rings. The molecule has 0 saturated carbocycles. The smallest absolute Gasteiger partial charge is 0.136 e. The summed E-state index contributed by atoms with van der Waals surface area (Å²) in [6, 6.07) is 6.29. The predicted octanol–water partition coefficient (Wildman–Crippen LogP) is 2.32. The van der Waals surface area contributed by atoms with Gasteiger partial charge >= 0.3 is 0 Å². The summed E-state index contributed by atoms with van der Waals surface area (Å²) in [4.78, 5) is 4.51. The molecule has 0 saturated heterocycles. The average Bonchev–Trinajstić information content (AvgIpc) is 2.59. The van der Waals surface area contributed by atoms with Gasteiger partial charge in [-0.1, -0.05) is 0 Å². The lowest BCUT2D eigenvalue weighted by Gasteiger charge is -2.04. The van der Waals surface area contributed by atoms with Gasteiger partial charge in [0, 0.05) is 7.11 Å². The second kappa shape index (κ2) is 4.56. The van der Waals surface area contributed by atoms with Crippen molar-refractivity contribution >= 4 is 11.0 Å². The summed E-state index contributed by atoms with van der Waals surface area (Å²) in [5, 5.41) is 8.87. The van der Waals surface area contributed by atoms with Crippen molar-refractivity contribution in [3.05, 3.63) is 29.1 Å². The SMILES string of the molecule is COCc1nc2cc(C)c(C)cc2n1CC#N. The van der Waals surface area contributed by atoms with E-state index in [1.54, 1.807) is 7.11 Å². The van der Waals surface area contributed by atoms with Crippen LogP contribution in [0.15, 0.2) is 12.1 Å². The number of nitriles is 1. The van der Waals surface area contributed by atoms with Crippen LogP contribution in [-0.2, 0) is 17.9 Å². The van der Waals surface area contributed by atoms with Crippen molar-refractivity contribution in [3.63, 3.8) is 0 Å². The molecule has 0 aliphatic carbocycles. The van der Waals surface area contributed by atoms with Crippen molar-refractivity contribution in [3.8, 4) is 6.07 Å². The minimum absolute atomic E-state index is 0.303. The molecule has 1 heterocycles. The van der Waals surface area contributed by atoms with Crippen molar-refractivity contribution in [2.45, 2.75) is 27.0 Å². The molecule has 88 valence electrons. The predicted molar refractivity (Wildman–Crippen MR) is 65.5 cm³/mol. The Hall–Kier alpha value is -1.86. The minimum Gasteiger partial charge on any atom is -0.377 e. The Morgan fingerprint density at radius 1 is 1.35 bits per heavy atom. The molecule has 2 rings (SSSR count). The molecule has 0 amide bonds. The highest BCUT2D eigenvalue weighted by atomic mass is 16.5. The molecule has 0 N–H and O–H groups in total. The highest BCUT2D eigenvalue weighted by Crippen LogP contribution is 2.21. The maximum absolute atomic E-state index is 8.87. The third-order valence-electron chi connectivity index (χ3n) is 2.95. The van der Waals surface area contributed by atoms with E-state index < -0.39 is 0 Å². The molecule has 4 heteroatoms. The zero-order valence-electron chi connectivity index (χ0n) is 10.3. The molecule has 0 spiro atoms. The number of aryl methyl sites for hydroxylation is 2. The number of nitrogens with zero attached hydrogens (tertiary/aromatic N) is 3. The lowest BCUT2D eigenvalue weighted by molar-refractivity contribution is 0.175. The molecular formula is C13H15N3O.